The summed E-state index contributed by atoms with van der Waals surface area (Å²) in [6.45, 7) is 1.69. The summed E-state index contributed by atoms with van der Waals surface area (Å²) in [5.74, 6) is 0. The second-order valence-corrected chi connectivity index (χ2v) is 2.28. The molecule has 0 atom stereocenters. The van der Waals surface area contributed by atoms with Gasteiger partial charge in [-0.05, 0) is 6.42 Å². The fraction of sp³-hybridized carbons (Fsp3) is 1.00. The van der Waals surface area contributed by atoms with Crippen molar-refractivity contribution in [1.29, 1.82) is 0 Å². The first-order valence-corrected chi connectivity index (χ1v) is 3.50. The maximum Gasteiger partial charge on any atom is 1.00 e. The van der Waals surface area contributed by atoms with Gasteiger partial charge in [-0.2, -0.15) is 0 Å². The molecule has 0 aliphatic heterocycles. The second kappa shape index (κ2) is 5.64. The van der Waals surface area contributed by atoms with Crippen LogP contribution in [-0.4, -0.2) is 19.6 Å². The largest absolute Gasteiger partial charge is 1.00 e. The Labute approximate surface area is 76.8 Å². The molecule has 0 bridgehead atoms. The quantitative estimate of drug-likeness (QED) is 0.250. The van der Waals surface area contributed by atoms with Crippen molar-refractivity contribution >= 4 is 10.4 Å². The van der Waals surface area contributed by atoms with E-state index in [4.69, 9.17) is 0 Å². The predicted molar refractivity (Wildman–Crippen MR) is 25.9 cm³/mol. The van der Waals surface area contributed by atoms with E-state index >= 15 is 0 Å². The Kier molecular flexibility index (Phi) is 7.86. The molecule has 0 aliphatic carbocycles. The third-order valence-corrected chi connectivity index (χ3v) is 0.887. The molecule has 4 nitrogen and oxygen atoms in total. The molecule has 0 aromatic heterocycles. The molecule has 0 aliphatic rings. The standard InChI is InChI=1S/C3H8O4S.Na/c1-2-3-7-8(4,5)6;/h2-3H2,1H3,(H,4,5,6);/q;+1/p-1. The monoisotopic (exact) mass is 162 g/mol. The van der Waals surface area contributed by atoms with E-state index in [0.29, 0.717) is 6.42 Å². The second-order valence-electron chi connectivity index (χ2n) is 1.23. The van der Waals surface area contributed by atoms with Crippen LogP contribution >= 0.6 is 0 Å². The Balaban J connectivity index is 0. The molecule has 0 radical (unpaired) electrons. The van der Waals surface area contributed by atoms with E-state index in [1.165, 1.54) is 0 Å². The van der Waals surface area contributed by atoms with Crippen LogP contribution in [0.2, 0.25) is 0 Å². The summed E-state index contributed by atoms with van der Waals surface area (Å²) in [5.41, 5.74) is 0. The van der Waals surface area contributed by atoms with Gasteiger partial charge in [0.1, 0.15) is 0 Å². The van der Waals surface area contributed by atoms with E-state index in [9.17, 15) is 13.0 Å². The average Bonchev–Trinajstić information content (AvgIpc) is 1.59. The zero-order valence-electron chi connectivity index (χ0n) is 5.46. The first kappa shape index (κ1) is 12.5. The van der Waals surface area contributed by atoms with Crippen LogP contribution in [0.1, 0.15) is 13.3 Å². The molecule has 9 heavy (non-hydrogen) atoms. The van der Waals surface area contributed by atoms with Crippen LogP contribution < -0.4 is 29.6 Å². The Morgan fingerprint density at radius 1 is 1.56 bits per heavy atom. The smallest absolute Gasteiger partial charge is 0.726 e. The molecule has 0 fully saturated rings. The maximum atomic E-state index is 9.61. The van der Waals surface area contributed by atoms with Gasteiger partial charge in [0, 0.05) is 0 Å². The summed E-state index contributed by atoms with van der Waals surface area (Å²) in [7, 11) is -4.44. The van der Waals surface area contributed by atoms with E-state index in [-0.39, 0.29) is 36.2 Å². The van der Waals surface area contributed by atoms with E-state index in [1.807, 2.05) is 0 Å². The molecule has 0 aromatic rings. The summed E-state index contributed by atoms with van der Waals surface area (Å²) in [5, 5.41) is 0. The molecule has 0 saturated carbocycles. The molecule has 0 heterocycles. The molecule has 50 valence electrons. The van der Waals surface area contributed by atoms with Crippen LogP contribution in [0, 0.1) is 0 Å². The number of rotatable bonds is 3. The summed E-state index contributed by atoms with van der Waals surface area (Å²) in [4.78, 5) is 0. The SMILES string of the molecule is CCCOS(=O)(=O)[O-].[Na+]. The minimum atomic E-state index is -4.44. The third-order valence-electron chi connectivity index (χ3n) is 0.432. The van der Waals surface area contributed by atoms with E-state index in [1.54, 1.807) is 6.92 Å². The fourth-order valence-electron chi connectivity index (χ4n) is 0.185. The Bertz CT molecular complexity index is 140. The van der Waals surface area contributed by atoms with Gasteiger partial charge in [0.05, 0.1) is 6.61 Å². The van der Waals surface area contributed by atoms with Crippen molar-refractivity contribution in [3.8, 4) is 0 Å². The van der Waals surface area contributed by atoms with Crippen LogP contribution in [0.3, 0.4) is 0 Å². The molecule has 6 heteroatoms. The summed E-state index contributed by atoms with van der Waals surface area (Å²) < 4.78 is 32.6. The molecule has 0 N–H and O–H groups in total. The first-order chi connectivity index (χ1) is 3.56. The Hall–Kier alpha value is 0.870. The van der Waals surface area contributed by atoms with Gasteiger partial charge in [-0.1, -0.05) is 6.92 Å². The fourth-order valence-corrected chi connectivity index (χ4v) is 0.556. The van der Waals surface area contributed by atoms with Crippen molar-refractivity contribution in [2.24, 2.45) is 0 Å². The number of hydrogen-bond acceptors (Lipinski definition) is 4. The summed E-state index contributed by atoms with van der Waals surface area (Å²) >= 11 is 0. The van der Waals surface area contributed by atoms with Crippen molar-refractivity contribution in [3.05, 3.63) is 0 Å². The van der Waals surface area contributed by atoms with Gasteiger partial charge in [-0.25, -0.2) is 8.42 Å². The molecular formula is C3H7NaO4S. The minimum absolute atomic E-state index is 0. The molecule has 0 unspecified atom stereocenters. The predicted octanol–water partition coefficient (Wildman–Crippen LogP) is -3.12. The van der Waals surface area contributed by atoms with Crippen molar-refractivity contribution in [2.75, 3.05) is 6.61 Å². The Morgan fingerprint density at radius 3 is 2.11 bits per heavy atom. The van der Waals surface area contributed by atoms with Crippen molar-refractivity contribution < 1.29 is 46.7 Å². The van der Waals surface area contributed by atoms with Crippen molar-refractivity contribution in [2.45, 2.75) is 13.3 Å². The van der Waals surface area contributed by atoms with Gasteiger partial charge in [0.25, 0.3) is 0 Å². The van der Waals surface area contributed by atoms with Gasteiger partial charge in [0.15, 0.2) is 0 Å². The molecule has 0 aromatic carbocycles. The van der Waals surface area contributed by atoms with Gasteiger partial charge >= 0.3 is 29.6 Å². The van der Waals surface area contributed by atoms with Crippen molar-refractivity contribution in [3.63, 3.8) is 0 Å². The molecular weight excluding hydrogens is 155 g/mol. The van der Waals surface area contributed by atoms with Crippen LogP contribution in [0.25, 0.3) is 0 Å². The molecule has 0 saturated heterocycles. The van der Waals surface area contributed by atoms with Crippen LogP contribution in [-0.2, 0) is 14.6 Å². The summed E-state index contributed by atoms with van der Waals surface area (Å²) in [6, 6.07) is 0. The van der Waals surface area contributed by atoms with E-state index < -0.39 is 10.4 Å². The number of hydrogen-bond donors (Lipinski definition) is 0. The maximum absolute atomic E-state index is 9.61. The minimum Gasteiger partial charge on any atom is -0.726 e. The Morgan fingerprint density at radius 2 is 2.00 bits per heavy atom. The normalized spacial score (nSPS) is 10.4. The summed E-state index contributed by atoms with van der Waals surface area (Å²) in [6.07, 6.45) is 0.529. The third kappa shape index (κ3) is 12.1. The van der Waals surface area contributed by atoms with Gasteiger partial charge in [-0.3, -0.25) is 4.18 Å². The van der Waals surface area contributed by atoms with E-state index in [2.05, 4.69) is 4.18 Å². The zero-order chi connectivity index (χ0) is 6.62. The van der Waals surface area contributed by atoms with Crippen LogP contribution in [0.15, 0.2) is 0 Å². The molecule has 0 spiro atoms. The topological polar surface area (TPSA) is 66.4 Å². The van der Waals surface area contributed by atoms with Crippen LogP contribution in [0.4, 0.5) is 0 Å². The molecule has 0 rings (SSSR count). The van der Waals surface area contributed by atoms with Gasteiger partial charge < -0.3 is 4.55 Å². The van der Waals surface area contributed by atoms with Gasteiger partial charge in [-0.15, -0.1) is 0 Å². The van der Waals surface area contributed by atoms with Crippen molar-refractivity contribution in [1.82, 2.24) is 0 Å². The average molecular weight is 162 g/mol. The van der Waals surface area contributed by atoms with Crippen LogP contribution in [0.5, 0.6) is 0 Å². The zero-order valence-corrected chi connectivity index (χ0v) is 8.27. The first-order valence-electron chi connectivity index (χ1n) is 2.16. The van der Waals surface area contributed by atoms with E-state index in [0.717, 1.165) is 0 Å². The van der Waals surface area contributed by atoms with Gasteiger partial charge in [0.2, 0.25) is 10.4 Å². The molecule has 0 amide bonds.